The monoisotopic (exact) mass is 366 g/mol. The molecule has 116 valence electrons. The Morgan fingerprint density at radius 3 is 2.77 bits per heavy atom. The Kier molecular flexibility index (Phi) is 4.54. The summed E-state index contributed by atoms with van der Waals surface area (Å²) in [6, 6.07) is 4.97. The molecule has 0 unspecified atom stereocenters. The van der Waals surface area contributed by atoms with Crippen molar-refractivity contribution in [2.24, 2.45) is 0 Å². The maximum atomic E-state index is 13.8. The fourth-order valence-corrected chi connectivity index (χ4v) is 2.97. The maximum Gasteiger partial charge on any atom is 0.257 e. The first kappa shape index (κ1) is 15.2. The Hall–Kier alpha value is -1.73. The molecule has 0 aliphatic carbocycles. The third kappa shape index (κ3) is 3.36. The molecule has 1 aliphatic rings. The van der Waals surface area contributed by atoms with E-state index in [4.69, 9.17) is 0 Å². The fourth-order valence-electron chi connectivity index (χ4n) is 2.56. The molecule has 1 saturated heterocycles. The molecule has 1 fully saturated rings. The number of hydrogen-bond donors (Lipinski definition) is 1. The SMILES string of the molecule is O=C(c1cn[nH]c1)N1CCN(Cc2cc(Br)ccc2F)CC1. The second-order valence-electron chi connectivity index (χ2n) is 5.29. The molecular weight excluding hydrogens is 351 g/mol. The van der Waals surface area contributed by atoms with Crippen LogP contribution in [0.2, 0.25) is 0 Å². The molecule has 0 spiro atoms. The number of H-pyrrole nitrogens is 1. The summed E-state index contributed by atoms with van der Waals surface area (Å²) in [5.74, 6) is -0.206. The number of aromatic nitrogens is 2. The summed E-state index contributed by atoms with van der Waals surface area (Å²) in [6.07, 6.45) is 3.14. The Bertz CT molecular complexity index is 654. The van der Waals surface area contributed by atoms with Gasteiger partial charge >= 0.3 is 0 Å². The van der Waals surface area contributed by atoms with Gasteiger partial charge in [-0.25, -0.2) is 4.39 Å². The molecular formula is C15H16BrFN4O. The highest BCUT2D eigenvalue weighted by atomic mass is 79.9. The van der Waals surface area contributed by atoms with Crippen molar-refractivity contribution in [1.82, 2.24) is 20.0 Å². The number of nitrogens with zero attached hydrogens (tertiary/aromatic N) is 3. The van der Waals surface area contributed by atoms with Crippen LogP contribution in [0.15, 0.2) is 35.1 Å². The first-order chi connectivity index (χ1) is 10.6. The van der Waals surface area contributed by atoms with E-state index in [0.29, 0.717) is 30.8 Å². The average Bonchev–Trinajstić information content (AvgIpc) is 3.05. The van der Waals surface area contributed by atoms with E-state index in [-0.39, 0.29) is 11.7 Å². The highest BCUT2D eigenvalue weighted by molar-refractivity contribution is 9.10. The lowest BCUT2D eigenvalue weighted by Gasteiger charge is -2.34. The van der Waals surface area contributed by atoms with E-state index >= 15 is 0 Å². The third-order valence-electron chi connectivity index (χ3n) is 3.81. The zero-order chi connectivity index (χ0) is 15.5. The van der Waals surface area contributed by atoms with Gasteiger partial charge in [-0.1, -0.05) is 15.9 Å². The van der Waals surface area contributed by atoms with Crippen LogP contribution in [0.4, 0.5) is 4.39 Å². The van der Waals surface area contributed by atoms with Gasteiger partial charge in [0.05, 0.1) is 11.8 Å². The largest absolute Gasteiger partial charge is 0.336 e. The van der Waals surface area contributed by atoms with Gasteiger partial charge in [-0.2, -0.15) is 5.10 Å². The van der Waals surface area contributed by atoms with E-state index in [1.54, 1.807) is 23.2 Å². The lowest BCUT2D eigenvalue weighted by molar-refractivity contribution is 0.0627. The molecule has 1 aromatic carbocycles. The number of halogens is 2. The first-order valence-electron chi connectivity index (χ1n) is 7.08. The van der Waals surface area contributed by atoms with Crippen LogP contribution in [0.1, 0.15) is 15.9 Å². The molecule has 5 nitrogen and oxygen atoms in total. The minimum Gasteiger partial charge on any atom is -0.336 e. The van der Waals surface area contributed by atoms with Crippen molar-refractivity contribution in [3.05, 3.63) is 52.0 Å². The fraction of sp³-hybridized carbons (Fsp3) is 0.333. The van der Waals surface area contributed by atoms with E-state index in [9.17, 15) is 9.18 Å². The van der Waals surface area contributed by atoms with Crippen LogP contribution in [0.25, 0.3) is 0 Å². The summed E-state index contributed by atoms with van der Waals surface area (Å²) in [7, 11) is 0. The predicted molar refractivity (Wildman–Crippen MR) is 83.9 cm³/mol. The molecule has 1 aliphatic heterocycles. The Balaban J connectivity index is 1.58. The summed E-state index contributed by atoms with van der Waals surface area (Å²) in [4.78, 5) is 16.2. The molecule has 3 rings (SSSR count). The molecule has 0 saturated carbocycles. The van der Waals surface area contributed by atoms with Gasteiger partial charge in [0, 0.05) is 49.0 Å². The van der Waals surface area contributed by atoms with E-state index in [1.807, 2.05) is 0 Å². The van der Waals surface area contributed by atoms with Crippen molar-refractivity contribution in [3.8, 4) is 0 Å². The zero-order valence-corrected chi connectivity index (χ0v) is 13.5. The van der Waals surface area contributed by atoms with Gasteiger partial charge in [0.25, 0.3) is 5.91 Å². The van der Waals surface area contributed by atoms with Crippen LogP contribution in [0, 0.1) is 5.82 Å². The number of benzene rings is 1. The second-order valence-corrected chi connectivity index (χ2v) is 6.21. The Labute approximate surface area is 136 Å². The topological polar surface area (TPSA) is 52.2 Å². The molecule has 0 radical (unpaired) electrons. The quantitative estimate of drug-likeness (QED) is 0.906. The Morgan fingerprint density at radius 2 is 2.09 bits per heavy atom. The highest BCUT2D eigenvalue weighted by Crippen LogP contribution is 2.18. The van der Waals surface area contributed by atoms with Crippen LogP contribution in [0.5, 0.6) is 0 Å². The minimum atomic E-state index is -0.194. The van der Waals surface area contributed by atoms with Gasteiger partial charge < -0.3 is 4.90 Å². The van der Waals surface area contributed by atoms with Crippen molar-refractivity contribution in [2.45, 2.75) is 6.54 Å². The van der Waals surface area contributed by atoms with Gasteiger partial charge in [0.2, 0.25) is 0 Å². The Morgan fingerprint density at radius 1 is 1.32 bits per heavy atom. The van der Waals surface area contributed by atoms with E-state index in [1.165, 1.54) is 12.3 Å². The number of hydrogen-bond acceptors (Lipinski definition) is 3. The maximum absolute atomic E-state index is 13.8. The van der Waals surface area contributed by atoms with Crippen molar-refractivity contribution < 1.29 is 9.18 Å². The van der Waals surface area contributed by atoms with Crippen LogP contribution in [-0.4, -0.2) is 52.1 Å². The molecule has 7 heteroatoms. The number of rotatable bonds is 3. The number of nitrogens with one attached hydrogen (secondary N) is 1. The number of piperazine rings is 1. The van der Waals surface area contributed by atoms with Crippen molar-refractivity contribution >= 4 is 21.8 Å². The summed E-state index contributed by atoms with van der Waals surface area (Å²) in [5.41, 5.74) is 1.25. The standard InChI is InChI=1S/C15H16BrFN4O/c16-13-1-2-14(17)11(7-13)10-20-3-5-21(6-4-20)15(22)12-8-18-19-9-12/h1-2,7-9H,3-6,10H2,(H,18,19). The summed E-state index contributed by atoms with van der Waals surface area (Å²) in [5, 5.41) is 6.45. The minimum absolute atomic E-state index is 0.0120. The van der Waals surface area contributed by atoms with E-state index < -0.39 is 0 Å². The molecule has 1 aromatic heterocycles. The normalized spacial score (nSPS) is 16.0. The summed E-state index contributed by atoms with van der Waals surface area (Å²) >= 11 is 3.36. The summed E-state index contributed by atoms with van der Waals surface area (Å²) in [6.45, 7) is 3.30. The van der Waals surface area contributed by atoms with Gasteiger partial charge in [-0.3, -0.25) is 14.8 Å². The average molecular weight is 367 g/mol. The summed E-state index contributed by atoms with van der Waals surface area (Å²) < 4.78 is 14.7. The smallest absolute Gasteiger partial charge is 0.257 e. The lowest BCUT2D eigenvalue weighted by atomic mass is 10.2. The number of amides is 1. The van der Waals surface area contributed by atoms with Crippen molar-refractivity contribution in [2.75, 3.05) is 26.2 Å². The highest BCUT2D eigenvalue weighted by Gasteiger charge is 2.23. The van der Waals surface area contributed by atoms with Gasteiger partial charge in [0.1, 0.15) is 5.82 Å². The molecule has 0 atom stereocenters. The molecule has 1 N–H and O–H groups in total. The molecule has 22 heavy (non-hydrogen) atoms. The third-order valence-corrected chi connectivity index (χ3v) is 4.30. The number of aromatic amines is 1. The number of carbonyl (C=O) groups excluding carboxylic acids is 1. The van der Waals surface area contributed by atoms with Crippen molar-refractivity contribution in [1.29, 1.82) is 0 Å². The van der Waals surface area contributed by atoms with E-state index in [0.717, 1.165) is 17.6 Å². The lowest BCUT2D eigenvalue weighted by Crippen LogP contribution is -2.48. The molecule has 0 bridgehead atoms. The van der Waals surface area contributed by atoms with E-state index in [2.05, 4.69) is 31.0 Å². The van der Waals surface area contributed by atoms with Gasteiger partial charge in [-0.05, 0) is 18.2 Å². The second kappa shape index (κ2) is 6.58. The van der Waals surface area contributed by atoms with Crippen molar-refractivity contribution in [3.63, 3.8) is 0 Å². The molecule has 1 amide bonds. The van der Waals surface area contributed by atoms with Gasteiger partial charge in [0.15, 0.2) is 0 Å². The molecule has 2 aromatic rings. The van der Waals surface area contributed by atoms with Crippen LogP contribution in [-0.2, 0) is 6.54 Å². The van der Waals surface area contributed by atoms with Crippen LogP contribution < -0.4 is 0 Å². The van der Waals surface area contributed by atoms with Crippen LogP contribution in [0.3, 0.4) is 0 Å². The zero-order valence-electron chi connectivity index (χ0n) is 11.9. The first-order valence-corrected chi connectivity index (χ1v) is 7.87. The van der Waals surface area contributed by atoms with Crippen LogP contribution >= 0.6 is 15.9 Å². The predicted octanol–water partition coefficient (Wildman–Crippen LogP) is 2.27. The number of carbonyl (C=O) groups is 1. The van der Waals surface area contributed by atoms with Gasteiger partial charge in [-0.15, -0.1) is 0 Å². The molecule has 2 heterocycles.